The molecule has 15 heavy (non-hydrogen) atoms. The second-order valence-corrected chi connectivity index (χ2v) is 3.77. The van der Waals surface area contributed by atoms with Gasteiger partial charge in [0.05, 0.1) is 12.7 Å². The van der Waals surface area contributed by atoms with E-state index < -0.39 is 0 Å². The lowest BCUT2D eigenvalue weighted by Gasteiger charge is -2.11. The summed E-state index contributed by atoms with van der Waals surface area (Å²) in [6.45, 7) is 1.06. The predicted molar refractivity (Wildman–Crippen MR) is 57.8 cm³/mol. The van der Waals surface area contributed by atoms with E-state index >= 15 is 0 Å². The first-order chi connectivity index (χ1) is 7.31. The Kier molecular flexibility index (Phi) is 3.02. The summed E-state index contributed by atoms with van der Waals surface area (Å²) in [5.41, 5.74) is 1.80. The molecule has 1 aromatic carbocycles. The number of methoxy groups -OCH3 is 1. The summed E-state index contributed by atoms with van der Waals surface area (Å²) in [6, 6.07) is 8.05. The van der Waals surface area contributed by atoms with Crippen molar-refractivity contribution in [3.05, 3.63) is 35.4 Å². The van der Waals surface area contributed by atoms with Gasteiger partial charge in [-0.15, -0.1) is 0 Å². The zero-order valence-electron chi connectivity index (χ0n) is 8.82. The van der Waals surface area contributed by atoms with Crippen LogP contribution in [0.15, 0.2) is 24.3 Å². The van der Waals surface area contributed by atoms with Gasteiger partial charge in [-0.3, -0.25) is 0 Å². The van der Waals surface area contributed by atoms with E-state index in [4.69, 9.17) is 4.74 Å². The summed E-state index contributed by atoms with van der Waals surface area (Å²) in [5.74, 6) is -0.269. The smallest absolute Gasteiger partial charge is 0.337 e. The molecule has 1 aliphatic heterocycles. The van der Waals surface area contributed by atoms with Crippen LogP contribution in [0.2, 0.25) is 0 Å². The molecule has 1 atom stereocenters. The lowest BCUT2D eigenvalue weighted by atomic mass is 10.0. The molecule has 1 heterocycles. The minimum atomic E-state index is -0.269. The lowest BCUT2D eigenvalue weighted by molar-refractivity contribution is 0.0600. The zero-order chi connectivity index (χ0) is 10.7. The molecular weight excluding hydrogens is 190 g/mol. The quantitative estimate of drug-likeness (QED) is 0.749. The summed E-state index contributed by atoms with van der Waals surface area (Å²) >= 11 is 0. The van der Waals surface area contributed by atoms with Gasteiger partial charge in [0, 0.05) is 6.04 Å². The van der Waals surface area contributed by atoms with E-state index in [2.05, 4.69) is 11.4 Å². The molecule has 1 fully saturated rings. The summed E-state index contributed by atoms with van der Waals surface area (Å²) < 4.78 is 4.69. The fraction of sp³-hybridized carbons (Fsp3) is 0.417. The Morgan fingerprint density at radius 1 is 1.53 bits per heavy atom. The molecule has 0 bridgehead atoms. The van der Waals surface area contributed by atoms with E-state index in [9.17, 15) is 4.79 Å². The van der Waals surface area contributed by atoms with Gasteiger partial charge in [-0.05, 0) is 37.1 Å². The first-order valence-corrected chi connectivity index (χ1v) is 5.23. The van der Waals surface area contributed by atoms with E-state index in [1.165, 1.54) is 19.1 Å². The number of benzene rings is 1. The molecule has 0 spiro atoms. The van der Waals surface area contributed by atoms with Crippen molar-refractivity contribution in [3.8, 4) is 0 Å². The predicted octanol–water partition coefficient (Wildman–Crippen LogP) is 1.90. The summed E-state index contributed by atoms with van der Waals surface area (Å²) in [4.78, 5) is 11.3. The van der Waals surface area contributed by atoms with Crippen LogP contribution in [-0.4, -0.2) is 19.6 Å². The van der Waals surface area contributed by atoms with Crippen molar-refractivity contribution in [1.29, 1.82) is 0 Å². The van der Waals surface area contributed by atoms with Gasteiger partial charge in [0.2, 0.25) is 0 Å². The van der Waals surface area contributed by atoms with E-state index in [-0.39, 0.29) is 5.97 Å². The third-order valence-corrected chi connectivity index (χ3v) is 2.77. The van der Waals surface area contributed by atoms with Crippen molar-refractivity contribution in [1.82, 2.24) is 5.32 Å². The third kappa shape index (κ3) is 2.18. The molecule has 0 unspecified atom stereocenters. The Morgan fingerprint density at radius 3 is 3.07 bits per heavy atom. The highest BCUT2D eigenvalue weighted by Crippen LogP contribution is 2.23. The number of carbonyl (C=O) groups excluding carboxylic acids is 1. The Morgan fingerprint density at radius 2 is 2.40 bits per heavy atom. The van der Waals surface area contributed by atoms with Gasteiger partial charge in [-0.25, -0.2) is 4.79 Å². The Labute approximate surface area is 89.4 Å². The highest BCUT2D eigenvalue weighted by Gasteiger charge is 2.17. The minimum absolute atomic E-state index is 0.269. The van der Waals surface area contributed by atoms with Crippen LogP contribution in [0.1, 0.15) is 34.8 Å². The molecule has 80 valence electrons. The average molecular weight is 205 g/mol. The second-order valence-electron chi connectivity index (χ2n) is 3.77. The minimum Gasteiger partial charge on any atom is -0.465 e. The van der Waals surface area contributed by atoms with Crippen molar-refractivity contribution < 1.29 is 9.53 Å². The number of rotatable bonds is 2. The van der Waals surface area contributed by atoms with Crippen LogP contribution in [0, 0.1) is 0 Å². The standard InChI is InChI=1S/C12H15NO2/c1-15-12(14)10-5-2-4-9(8-10)11-6-3-7-13-11/h2,4-5,8,11,13H,3,6-7H2,1H3/t11-/m1/s1. The molecular formula is C12H15NO2. The maximum Gasteiger partial charge on any atom is 0.337 e. The largest absolute Gasteiger partial charge is 0.465 e. The summed E-state index contributed by atoms with van der Waals surface area (Å²) in [6.07, 6.45) is 2.34. The normalized spacial score (nSPS) is 20.2. The van der Waals surface area contributed by atoms with Crippen LogP contribution in [0.3, 0.4) is 0 Å². The van der Waals surface area contributed by atoms with Crippen LogP contribution in [0.5, 0.6) is 0 Å². The topological polar surface area (TPSA) is 38.3 Å². The Bertz CT molecular complexity index is 356. The Hall–Kier alpha value is -1.35. The molecule has 1 aromatic rings. The highest BCUT2D eigenvalue weighted by atomic mass is 16.5. The van der Waals surface area contributed by atoms with Crippen molar-refractivity contribution in [2.45, 2.75) is 18.9 Å². The number of carbonyl (C=O) groups is 1. The molecule has 3 heteroatoms. The van der Waals surface area contributed by atoms with Gasteiger partial charge in [-0.1, -0.05) is 12.1 Å². The van der Waals surface area contributed by atoms with Crippen LogP contribution < -0.4 is 5.32 Å². The van der Waals surface area contributed by atoms with Crippen molar-refractivity contribution in [3.63, 3.8) is 0 Å². The molecule has 0 aliphatic carbocycles. The second kappa shape index (κ2) is 4.45. The Balaban J connectivity index is 2.21. The molecule has 2 rings (SSSR count). The fourth-order valence-electron chi connectivity index (χ4n) is 1.97. The molecule has 1 N–H and O–H groups in total. The maximum atomic E-state index is 11.3. The fourth-order valence-corrected chi connectivity index (χ4v) is 1.97. The molecule has 0 saturated carbocycles. The third-order valence-electron chi connectivity index (χ3n) is 2.77. The first-order valence-electron chi connectivity index (χ1n) is 5.23. The van der Waals surface area contributed by atoms with E-state index in [0.29, 0.717) is 11.6 Å². The van der Waals surface area contributed by atoms with Crippen LogP contribution in [0.25, 0.3) is 0 Å². The average Bonchev–Trinajstić information content (AvgIpc) is 2.82. The van der Waals surface area contributed by atoms with Crippen LogP contribution >= 0.6 is 0 Å². The SMILES string of the molecule is COC(=O)c1cccc([C@H]2CCCN2)c1. The van der Waals surface area contributed by atoms with Crippen molar-refractivity contribution in [2.75, 3.05) is 13.7 Å². The lowest BCUT2D eigenvalue weighted by Crippen LogP contribution is -2.13. The molecule has 1 saturated heterocycles. The van der Waals surface area contributed by atoms with Gasteiger partial charge in [0.25, 0.3) is 0 Å². The highest BCUT2D eigenvalue weighted by molar-refractivity contribution is 5.89. The molecule has 0 aromatic heterocycles. The van der Waals surface area contributed by atoms with Crippen LogP contribution in [0.4, 0.5) is 0 Å². The molecule has 0 amide bonds. The summed E-state index contributed by atoms with van der Waals surface area (Å²) in [5, 5.41) is 3.40. The van der Waals surface area contributed by atoms with Gasteiger partial charge in [-0.2, -0.15) is 0 Å². The first kappa shape index (κ1) is 10.2. The number of hydrogen-bond donors (Lipinski definition) is 1. The van der Waals surface area contributed by atoms with E-state index in [1.807, 2.05) is 12.1 Å². The number of nitrogens with one attached hydrogen (secondary N) is 1. The zero-order valence-corrected chi connectivity index (χ0v) is 8.82. The monoisotopic (exact) mass is 205 g/mol. The van der Waals surface area contributed by atoms with Gasteiger partial charge in [0.1, 0.15) is 0 Å². The number of ether oxygens (including phenoxy) is 1. The number of hydrogen-bond acceptors (Lipinski definition) is 3. The van der Waals surface area contributed by atoms with Gasteiger partial charge < -0.3 is 10.1 Å². The van der Waals surface area contributed by atoms with E-state index in [1.54, 1.807) is 6.07 Å². The van der Waals surface area contributed by atoms with Gasteiger partial charge in [0.15, 0.2) is 0 Å². The molecule has 3 nitrogen and oxygen atoms in total. The molecule has 0 radical (unpaired) electrons. The maximum absolute atomic E-state index is 11.3. The van der Waals surface area contributed by atoms with E-state index in [0.717, 1.165) is 13.0 Å². The van der Waals surface area contributed by atoms with Crippen LogP contribution in [-0.2, 0) is 4.74 Å². The number of esters is 1. The van der Waals surface area contributed by atoms with Crippen molar-refractivity contribution in [2.24, 2.45) is 0 Å². The van der Waals surface area contributed by atoms with Crippen molar-refractivity contribution >= 4 is 5.97 Å². The molecule has 1 aliphatic rings. The summed E-state index contributed by atoms with van der Waals surface area (Å²) in [7, 11) is 1.41. The van der Waals surface area contributed by atoms with Gasteiger partial charge >= 0.3 is 5.97 Å².